The van der Waals surface area contributed by atoms with Crippen LogP contribution in [0.25, 0.3) is 5.70 Å². The predicted octanol–water partition coefficient (Wildman–Crippen LogP) is 2.77. The predicted molar refractivity (Wildman–Crippen MR) is 52.8 cm³/mol. The first-order valence-electron chi connectivity index (χ1n) is 4.22. The Morgan fingerprint density at radius 3 is 2.69 bits per heavy atom. The number of hydrogen-bond donors (Lipinski definition) is 0. The number of carbonyl (C=O) groups excluding carboxylic acids is 1. The van der Waals surface area contributed by atoms with E-state index in [-0.39, 0.29) is 0 Å². The molecular weight excluding hydrogens is 162 g/mol. The van der Waals surface area contributed by atoms with Gasteiger partial charge in [-0.3, -0.25) is 0 Å². The van der Waals surface area contributed by atoms with Crippen LogP contribution in [-0.4, -0.2) is 6.08 Å². The molecule has 0 atom stereocenters. The largest absolute Gasteiger partial charge is 0.240 e. The minimum Gasteiger partial charge on any atom is -0.211 e. The van der Waals surface area contributed by atoms with Gasteiger partial charge in [0.25, 0.3) is 0 Å². The van der Waals surface area contributed by atoms with Crippen molar-refractivity contribution in [2.75, 3.05) is 0 Å². The average molecular weight is 173 g/mol. The Labute approximate surface area is 77.6 Å². The minimum absolute atomic E-state index is 0.693. The van der Waals surface area contributed by atoms with Crippen molar-refractivity contribution in [2.45, 2.75) is 13.3 Å². The zero-order valence-electron chi connectivity index (χ0n) is 7.53. The highest BCUT2D eigenvalue weighted by molar-refractivity contribution is 5.68. The van der Waals surface area contributed by atoms with E-state index in [9.17, 15) is 4.79 Å². The quantitative estimate of drug-likeness (QED) is 0.510. The van der Waals surface area contributed by atoms with E-state index < -0.39 is 0 Å². The highest BCUT2D eigenvalue weighted by Crippen LogP contribution is 2.14. The first kappa shape index (κ1) is 9.43. The molecule has 66 valence electrons. The summed E-state index contributed by atoms with van der Waals surface area (Å²) in [7, 11) is 0. The van der Waals surface area contributed by atoms with E-state index in [0.717, 1.165) is 12.0 Å². The molecule has 0 spiro atoms. The summed E-state index contributed by atoms with van der Waals surface area (Å²) in [5.41, 5.74) is 1.64. The van der Waals surface area contributed by atoms with Crippen LogP contribution in [0.5, 0.6) is 0 Å². The maximum Gasteiger partial charge on any atom is 0.240 e. The van der Waals surface area contributed by atoms with E-state index in [0.29, 0.717) is 5.70 Å². The molecule has 0 aliphatic rings. The van der Waals surface area contributed by atoms with Crippen molar-refractivity contribution in [3.05, 3.63) is 42.0 Å². The van der Waals surface area contributed by atoms with E-state index in [1.165, 1.54) is 0 Å². The summed E-state index contributed by atoms with van der Waals surface area (Å²) in [5, 5.41) is 0. The average Bonchev–Trinajstić information content (AvgIpc) is 2.19. The molecule has 1 aromatic rings. The van der Waals surface area contributed by atoms with E-state index >= 15 is 0 Å². The van der Waals surface area contributed by atoms with Crippen LogP contribution in [0.1, 0.15) is 18.9 Å². The summed E-state index contributed by atoms with van der Waals surface area (Å²) < 4.78 is 0. The van der Waals surface area contributed by atoms with Crippen LogP contribution in [0, 0.1) is 0 Å². The molecule has 0 saturated heterocycles. The molecule has 0 fully saturated rings. The Hall–Kier alpha value is -1.66. The van der Waals surface area contributed by atoms with Crippen molar-refractivity contribution in [3.63, 3.8) is 0 Å². The molecule has 0 aliphatic heterocycles. The summed E-state index contributed by atoms with van der Waals surface area (Å²) in [6.45, 7) is 2.00. The Kier molecular flexibility index (Phi) is 3.68. The third kappa shape index (κ3) is 2.69. The van der Waals surface area contributed by atoms with E-state index in [4.69, 9.17) is 0 Å². The SMILES string of the molecule is CC/C=C(\N=C=O)c1ccccc1. The molecule has 1 rings (SSSR count). The van der Waals surface area contributed by atoms with Crippen molar-refractivity contribution in [1.82, 2.24) is 0 Å². The molecule has 0 unspecified atom stereocenters. The van der Waals surface area contributed by atoms with Gasteiger partial charge in [-0.25, -0.2) is 4.79 Å². The van der Waals surface area contributed by atoms with Gasteiger partial charge in [0.05, 0.1) is 5.70 Å². The summed E-state index contributed by atoms with van der Waals surface area (Å²) >= 11 is 0. The molecule has 1 aromatic carbocycles. The lowest BCUT2D eigenvalue weighted by molar-refractivity contribution is 0.565. The number of benzene rings is 1. The number of aliphatic imine (C=N–C) groups is 1. The Morgan fingerprint density at radius 1 is 1.46 bits per heavy atom. The second-order valence-electron chi connectivity index (χ2n) is 2.57. The van der Waals surface area contributed by atoms with Gasteiger partial charge in [0.15, 0.2) is 0 Å². The third-order valence-corrected chi connectivity index (χ3v) is 1.63. The molecule has 13 heavy (non-hydrogen) atoms. The van der Waals surface area contributed by atoms with Crippen LogP contribution >= 0.6 is 0 Å². The summed E-state index contributed by atoms with van der Waals surface area (Å²) in [6, 6.07) is 9.60. The van der Waals surface area contributed by atoms with Crippen LogP contribution in [0.15, 0.2) is 41.4 Å². The van der Waals surface area contributed by atoms with E-state index in [1.807, 2.05) is 43.3 Å². The van der Waals surface area contributed by atoms with Crippen molar-refractivity contribution >= 4 is 11.8 Å². The highest BCUT2D eigenvalue weighted by Gasteiger charge is 1.96. The van der Waals surface area contributed by atoms with Gasteiger partial charge in [-0.15, -0.1) is 0 Å². The molecule has 0 radical (unpaired) electrons. The Bertz CT molecular complexity index is 334. The monoisotopic (exact) mass is 173 g/mol. The standard InChI is InChI=1S/C11H11NO/c1-2-6-11(12-9-13)10-7-4-3-5-8-10/h3-8H,2H2,1H3/b11-6-. The van der Waals surface area contributed by atoms with Crippen LogP contribution in [-0.2, 0) is 4.79 Å². The lowest BCUT2D eigenvalue weighted by Crippen LogP contribution is -1.79. The van der Waals surface area contributed by atoms with Gasteiger partial charge in [-0.05, 0) is 6.42 Å². The molecule has 0 aliphatic carbocycles. The Morgan fingerprint density at radius 2 is 2.15 bits per heavy atom. The number of isocyanates is 1. The molecule has 0 aromatic heterocycles. The third-order valence-electron chi connectivity index (χ3n) is 1.63. The van der Waals surface area contributed by atoms with Gasteiger partial charge in [-0.2, -0.15) is 4.99 Å². The fraction of sp³-hybridized carbons (Fsp3) is 0.182. The number of rotatable bonds is 3. The van der Waals surface area contributed by atoms with E-state index in [2.05, 4.69) is 4.99 Å². The summed E-state index contributed by atoms with van der Waals surface area (Å²) in [6.07, 6.45) is 4.32. The molecule has 0 bridgehead atoms. The minimum atomic E-state index is 0.693. The van der Waals surface area contributed by atoms with Gasteiger partial charge in [0, 0.05) is 5.56 Å². The maximum atomic E-state index is 10.1. The van der Waals surface area contributed by atoms with Crippen LogP contribution in [0.2, 0.25) is 0 Å². The lowest BCUT2D eigenvalue weighted by atomic mass is 10.1. The molecule has 0 N–H and O–H groups in total. The highest BCUT2D eigenvalue weighted by atomic mass is 16.1. The number of nitrogens with zero attached hydrogens (tertiary/aromatic N) is 1. The first-order valence-corrected chi connectivity index (χ1v) is 4.22. The van der Waals surface area contributed by atoms with Crippen LogP contribution in [0.3, 0.4) is 0 Å². The molecular formula is C11H11NO. The molecule has 2 heteroatoms. The summed E-state index contributed by atoms with van der Waals surface area (Å²) in [5.74, 6) is 0. The summed E-state index contributed by atoms with van der Waals surface area (Å²) in [4.78, 5) is 13.8. The number of hydrogen-bond acceptors (Lipinski definition) is 2. The number of allylic oxidation sites excluding steroid dienone is 1. The topological polar surface area (TPSA) is 29.4 Å². The zero-order valence-corrected chi connectivity index (χ0v) is 7.53. The smallest absolute Gasteiger partial charge is 0.211 e. The first-order chi connectivity index (χ1) is 6.38. The van der Waals surface area contributed by atoms with Gasteiger partial charge >= 0.3 is 0 Å². The fourth-order valence-corrected chi connectivity index (χ4v) is 1.08. The van der Waals surface area contributed by atoms with Crippen molar-refractivity contribution in [1.29, 1.82) is 0 Å². The zero-order chi connectivity index (χ0) is 9.52. The van der Waals surface area contributed by atoms with Crippen molar-refractivity contribution in [2.24, 2.45) is 4.99 Å². The van der Waals surface area contributed by atoms with Crippen LogP contribution in [0.4, 0.5) is 0 Å². The second-order valence-corrected chi connectivity index (χ2v) is 2.57. The van der Waals surface area contributed by atoms with E-state index in [1.54, 1.807) is 6.08 Å². The Balaban J connectivity index is 3.03. The lowest BCUT2D eigenvalue weighted by Gasteiger charge is -1.97. The van der Waals surface area contributed by atoms with Gasteiger partial charge in [-0.1, -0.05) is 43.3 Å². The molecule has 2 nitrogen and oxygen atoms in total. The van der Waals surface area contributed by atoms with Gasteiger partial charge in [0.1, 0.15) is 0 Å². The van der Waals surface area contributed by atoms with Crippen LogP contribution < -0.4 is 0 Å². The molecule has 0 saturated carbocycles. The normalized spacial score (nSPS) is 10.7. The van der Waals surface area contributed by atoms with Gasteiger partial charge < -0.3 is 0 Å². The van der Waals surface area contributed by atoms with Gasteiger partial charge in [0.2, 0.25) is 6.08 Å². The van der Waals surface area contributed by atoms with Crippen molar-refractivity contribution in [3.8, 4) is 0 Å². The molecule has 0 amide bonds. The second kappa shape index (κ2) is 5.07. The maximum absolute atomic E-state index is 10.1. The van der Waals surface area contributed by atoms with Crippen molar-refractivity contribution < 1.29 is 4.79 Å². The molecule has 0 heterocycles. The fourth-order valence-electron chi connectivity index (χ4n) is 1.08.